The second kappa shape index (κ2) is 9.65. The molecule has 5 heteroatoms. The van der Waals surface area contributed by atoms with Crippen molar-refractivity contribution in [2.45, 2.75) is 32.2 Å². The molecule has 4 rings (SSSR count). The van der Waals surface area contributed by atoms with Crippen LogP contribution in [0, 0.1) is 0 Å². The van der Waals surface area contributed by atoms with Crippen LogP contribution in [-0.4, -0.2) is 42.5 Å². The molecule has 1 heterocycles. The van der Waals surface area contributed by atoms with E-state index in [0.29, 0.717) is 31.7 Å². The number of piperidine rings is 1. The van der Waals surface area contributed by atoms with E-state index in [1.165, 1.54) is 0 Å². The van der Waals surface area contributed by atoms with Gasteiger partial charge in [-0.15, -0.1) is 0 Å². The summed E-state index contributed by atoms with van der Waals surface area (Å²) in [5, 5.41) is 5.19. The SMILES string of the molecule is CCOc1ccc(CC(=O)N2CCC(NC(=O)c3cccc4ccccc34)CC2)cc1. The lowest BCUT2D eigenvalue weighted by Crippen LogP contribution is -2.47. The zero-order valence-electron chi connectivity index (χ0n) is 17.8. The second-order valence-corrected chi connectivity index (χ2v) is 7.91. The van der Waals surface area contributed by atoms with Gasteiger partial charge in [-0.05, 0) is 54.3 Å². The van der Waals surface area contributed by atoms with Crippen molar-refractivity contribution in [1.29, 1.82) is 0 Å². The highest BCUT2D eigenvalue weighted by atomic mass is 16.5. The van der Waals surface area contributed by atoms with E-state index in [0.717, 1.165) is 34.9 Å². The number of carbonyl (C=O) groups excluding carboxylic acids is 2. The predicted molar refractivity (Wildman–Crippen MR) is 122 cm³/mol. The van der Waals surface area contributed by atoms with Crippen LogP contribution in [0.1, 0.15) is 35.7 Å². The maximum Gasteiger partial charge on any atom is 0.252 e. The van der Waals surface area contributed by atoms with E-state index >= 15 is 0 Å². The van der Waals surface area contributed by atoms with Gasteiger partial charge in [0.15, 0.2) is 0 Å². The molecule has 0 bridgehead atoms. The number of nitrogens with zero attached hydrogens (tertiary/aromatic N) is 1. The van der Waals surface area contributed by atoms with E-state index in [9.17, 15) is 9.59 Å². The van der Waals surface area contributed by atoms with Crippen LogP contribution in [-0.2, 0) is 11.2 Å². The number of hydrogen-bond acceptors (Lipinski definition) is 3. The zero-order chi connectivity index (χ0) is 21.6. The molecule has 31 heavy (non-hydrogen) atoms. The number of carbonyl (C=O) groups is 2. The molecule has 160 valence electrons. The number of amides is 2. The Balaban J connectivity index is 1.30. The molecule has 0 atom stereocenters. The molecular formula is C26H28N2O3. The number of likely N-dealkylation sites (tertiary alicyclic amines) is 1. The van der Waals surface area contributed by atoms with Gasteiger partial charge in [0.25, 0.3) is 5.91 Å². The molecule has 0 saturated carbocycles. The van der Waals surface area contributed by atoms with Crippen molar-refractivity contribution in [2.75, 3.05) is 19.7 Å². The van der Waals surface area contributed by atoms with Crippen LogP contribution in [0.5, 0.6) is 5.75 Å². The third kappa shape index (κ3) is 5.05. The minimum atomic E-state index is -0.0454. The van der Waals surface area contributed by atoms with Crippen LogP contribution in [0.2, 0.25) is 0 Å². The molecule has 0 aliphatic carbocycles. The monoisotopic (exact) mass is 416 g/mol. The van der Waals surface area contributed by atoms with E-state index in [1.807, 2.05) is 78.6 Å². The van der Waals surface area contributed by atoms with Crippen molar-refractivity contribution in [1.82, 2.24) is 10.2 Å². The number of hydrogen-bond donors (Lipinski definition) is 1. The number of ether oxygens (including phenoxy) is 1. The first-order chi connectivity index (χ1) is 15.1. The number of nitrogens with one attached hydrogen (secondary N) is 1. The van der Waals surface area contributed by atoms with E-state index < -0.39 is 0 Å². The van der Waals surface area contributed by atoms with Crippen molar-refractivity contribution in [3.8, 4) is 5.75 Å². The molecule has 2 amide bonds. The van der Waals surface area contributed by atoms with Gasteiger partial charge in [0.05, 0.1) is 13.0 Å². The zero-order valence-corrected chi connectivity index (χ0v) is 17.8. The molecule has 1 aliphatic rings. The second-order valence-electron chi connectivity index (χ2n) is 7.91. The molecule has 0 radical (unpaired) electrons. The minimum absolute atomic E-state index is 0.0454. The Morgan fingerprint density at radius 2 is 1.68 bits per heavy atom. The van der Waals surface area contributed by atoms with Gasteiger partial charge in [0.1, 0.15) is 5.75 Å². The topological polar surface area (TPSA) is 58.6 Å². The summed E-state index contributed by atoms with van der Waals surface area (Å²) >= 11 is 0. The fraction of sp³-hybridized carbons (Fsp3) is 0.308. The van der Waals surface area contributed by atoms with E-state index in [-0.39, 0.29) is 17.9 Å². The summed E-state index contributed by atoms with van der Waals surface area (Å²) in [6.45, 7) is 3.91. The Morgan fingerprint density at radius 1 is 0.968 bits per heavy atom. The van der Waals surface area contributed by atoms with Crippen molar-refractivity contribution in [3.05, 3.63) is 77.9 Å². The Hall–Kier alpha value is -3.34. The normalized spacial score (nSPS) is 14.4. The molecule has 0 unspecified atom stereocenters. The van der Waals surface area contributed by atoms with Gasteiger partial charge in [0.2, 0.25) is 5.91 Å². The first-order valence-corrected chi connectivity index (χ1v) is 10.9. The van der Waals surface area contributed by atoms with E-state index in [4.69, 9.17) is 4.74 Å². The maximum atomic E-state index is 12.9. The molecule has 0 spiro atoms. The molecular weight excluding hydrogens is 388 g/mol. The van der Waals surface area contributed by atoms with Crippen LogP contribution in [0.15, 0.2) is 66.7 Å². The Kier molecular flexibility index (Phi) is 6.51. The summed E-state index contributed by atoms with van der Waals surface area (Å²) in [5.74, 6) is 0.903. The van der Waals surface area contributed by atoms with E-state index in [2.05, 4.69) is 5.32 Å². The third-order valence-corrected chi connectivity index (χ3v) is 5.81. The van der Waals surface area contributed by atoms with Crippen molar-refractivity contribution < 1.29 is 14.3 Å². The molecule has 1 fully saturated rings. The quantitative estimate of drug-likeness (QED) is 0.655. The van der Waals surface area contributed by atoms with Gasteiger partial charge < -0.3 is 15.0 Å². The summed E-state index contributed by atoms with van der Waals surface area (Å²) in [6, 6.07) is 21.5. The lowest BCUT2D eigenvalue weighted by atomic mass is 10.0. The fourth-order valence-corrected chi connectivity index (χ4v) is 4.12. The third-order valence-electron chi connectivity index (χ3n) is 5.81. The van der Waals surface area contributed by atoms with Gasteiger partial charge >= 0.3 is 0 Å². The molecule has 1 saturated heterocycles. The summed E-state index contributed by atoms with van der Waals surface area (Å²) in [4.78, 5) is 27.4. The average Bonchev–Trinajstić information content (AvgIpc) is 2.80. The molecule has 1 N–H and O–H groups in total. The van der Waals surface area contributed by atoms with Crippen molar-refractivity contribution >= 4 is 22.6 Å². The Morgan fingerprint density at radius 3 is 2.42 bits per heavy atom. The molecule has 3 aromatic carbocycles. The average molecular weight is 417 g/mol. The molecule has 0 aromatic heterocycles. The van der Waals surface area contributed by atoms with Crippen LogP contribution < -0.4 is 10.1 Å². The largest absolute Gasteiger partial charge is 0.494 e. The van der Waals surface area contributed by atoms with Gasteiger partial charge in [-0.3, -0.25) is 9.59 Å². The van der Waals surface area contributed by atoms with Crippen molar-refractivity contribution in [2.24, 2.45) is 0 Å². The summed E-state index contributed by atoms with van der Waals surface area (Å²) in [6.07, 6.45) is 1.93. The van der Waals surface area contributed by atoms with Crippen LogP contribution in [0.3, 0.4) is 0 Å². The highest BCUT2D eigenvalue weighted by Gasteiger charge is 2.24. The minimum Gasteiger partial charge on any atom is -0.494 e. The molecule has 5 nitrogen and oxygen atoms in total. The van der Waals surface area contributed by atoms with Gasteiger partial charge in [-0.1, -0.05) is 48.5 Å². The number of rotatable bonds is 6. The Labute approximate surface area is 183 Å². The predicted octanol–water partition coefficient (Wildman–Crippen LogP) is 4.20. The van der Waals surface area contributed by atoms with Gasteiger partial charge in [-0.25, -0.2) is 0 Å². The lowest BCUT2D eigenvalue weighted by molar-refractivity contribution is -0.131. The number of fused-ring (bicyclic) bond motifs is 1. The first kappa shape index (κ1) is 20.9. The smallest absolute Gasteiger partial charge is 0.252 e. The fourth-order valence-electron chi connectivity index (χ4n) is 4.12. The maximum absolute atomic E-state index is 12.9. The highest BCUT2D eigenvalue weighted by Crippen LogP contribution is 2.20. The summed E-state index contributed by atoms with van der Waals surface area (Å²) < 4.78 is 5.45. The molecule has 3 aromatic rings. The van der Waals surface area contributed by atoms with Crippen LogP contribution >= 0.6 is 0 Å². The first-order valence-electron chi connectivity index (χ1n) is 10.9. The van der Waals surface area contributed by atoms with Crippen LogP contribution in [0.4, 0.5) is 0 Å². The van der Waals surface area contributed by atoms with Crippen molar-refractivity contribution in [3.63, 3.8) is 0 Å². The number of benzene rings is 3. The van der Waals surface area contributed by atoms with Crippen LogP contribution in [0.25, 0.3) is 10.8 Å². The Bertz CT molecular complexity index is 1050. The highest BCUT2D eigenvalue weighted by molar-refractivity contribution is 6.07. The van der Waals surface area contributed by atoms with Gasteiger partial charge in [-0.2, -0.15) is 0 Å². The summed E-state index contributed by atoms with van der Waals surface area (Å²) in [5.41, 5.74) is 1.69. The van der Waals surface area contributed by atoms with E-state index in [1.54, 1.807) is 0 Å². The summed E-state index contributed by atoms with van der Waals surface area (Å²) in [7, 11) is 0. The lowest BCUT2D eigenvalue weighted by Gasteiger charge is -2.32. The van der Waals surface area contributed by atoms with Gasteiger partial charge in [0, 0.05) is 24.7 Å². The molecule has 1 aliphatic heterocycles. The standard InChI is InChI=1S/C26H28N2O3/c1-2-31-22-12-10-19(11-13-22)18-25(29)28-16-14-21(15-17-28)27-26(30)24-9-5-7-20-6-3-4-8-23(20)24/h3-13,21H,2,14-18H2,1H3,(H,27,30).